The Hall–Kier alpha value is -4.06. The summed E-state index contributed by atoms with van der Waals surface area (Å²) in [6.07, 6.45) is 3.84. The Morgan fingerprint density at radius 3 is 2.41 bits per heavy atom. The Morgan fingerprint density at radius 2 is 1.78 bits per heavy atom. The van der Waals surface area contributed by atoms with E-state index in [4.69, 9.17) is 19.7 Å². The maximum atomic E-state index is 14.5. The van der Waals surface area contributed by atoms with E-state index in [1.54, 1.807) is 13.8 Å². The normalized spacial score (nSPS) is 20.8. The zero-order valence-electron chi connectivity index (χ0n) is 27.2. The largest absolute Gasteiger partial charge is 0.388 e. The highest BCUT2D eigenvalue weighted by Crippen LogP contribution is 2.33. The molecule has 6 rings (SSSR count). The van der Waals surface area contributed by atoms with Gasteiger partial charge in [-0.1, -0.05) is 67.0 Å². The third kappa shape index (κ3) is 6.44. The Balaban J connectivity index is 1.31. The molecule has 11 nitrogen and oxygen atoms in total. The van der Waals surface area contributed by atoms with Crippen LogP contribution in [0.4, 0.5) is 0 Å². The second-order valence-corrected chi connectivity index (χ2v) is 13.0. The number of nitrogens with one attached hydrogen (secondary N) is 1. The molecular formula is C35H44N6O5. The molecule has 2 atom stereocenters. The molecule has 46 heavy (non-hydrogen) atoms. The van der Waals surface area contributed by atoms with Gasteiger partial charge in [-0.25, -0.2) is 4.52 Å². The lowest BCUT2D eigenvalue weighted by atomic mass is 9.91. The molecule has 244 valence electrons. The second-order valence-electron chi connectivity index (χ2n) is 13.0. The van der Waals surface area contributed by atoms with Gasteiger partial charge in [0.15, 0.2) is 5.84 Å². The van der Waals surface area contributed by atoms with E-state index in [0.717, 1.165) is 65.6 Å². The number of ether oxygens (including phenoxy) is 1. The van der Waals surface area contributed by atoms with E-state index in [2.05, 4.69) is 29.5 Å². The quantitative estimate of drug-likeness (QED) is 0.232. The van der Waals surface area contributed by atoms with Crippen molar-refractivity contribution < 1.29 is 19.8 Å². The van der Waals surface area contributed by atoms with E-state index >= 15 is 0 Å². The minimum atomic E-state index is -1.16. The molecule has 0 spiro atoms. The van der Waals surface area contributed by atoms with Crippen LogP contribution in [0, 0.1) is 6.92 Å². The summed E-state index contributed by atoms with van der Waals surface area (Å²) in [4.78, 5) is 24.1. The summed E-state index contributed by atoms with van der Waals surface area (Å²) in [5.74, 6) is 1.72. The molecule has 2 aliphatic rings. The van der Waals surface area contributed by atoms with E-state index in [-0.39, 0.29) is 23.8 Å². The van der Waals surface area contributed by atoms with Crippen LogP contribution in [0.5, 0.6) is 0 Å². The average molecular weight is 629 g/mol. The van der Waals surface area contributed by atoms with E-state index in [1.165, 1.54) is 0 Å². The molecule has 2 aromatic heterocycles. The second kappa shape index (κ2) is 13.0. The molecule has 2 aromatic carbocycles. The molecule has 0 amide bonds. The van der Waals surface area contributed by atoms with Crippen molar-refractivity contribution in [3.63, 3.8) is 0 Å². The van der Waals surface area contributed by atoms with Gasteiger partial charge in [0.05, 0.1) is 23.5 Å². The average Bonchev–Trinajstić information content (AvgIpc) is 3.64. The van der Waals surface area contributed by atoms with Crippen molar-refractivity contribution in [2.45, 2.75) is 110 Å². The van der Waals surface area contributed by atoms with Crippen LogP contribution >= 0.6 is 0 Å². The van der Waals surface area contributed by atoms with Crippen LogP contribution < -0.4 is 10.9 Å². The number of nitrogens with zero attached hydrogens (tertiary/aromatic N) is 5. The Morgan fingerprint density at radius 1 is 1.09 bits per heavy atom. The van der Waals surface area contributed by atoms with Gasteiger partial charge in [0.1, 0.15) is 5.82 Å². The number of rotatable bonds is 10. The molecule has 0 saturated heterocycles. The monoisotopic (exact) mass is 628 g/mol. The first-order valence-corrected chi connectivity index (χ1v) is 16.3. The fraction of sp³-hybridized carbons (Fsp3) is 0.486. The third-order valence-corrected chi connectivity index (χ3v) is 9.21. The number of amidine groups is 1. The predicted molar refractivity (Wildman–Crippen MR) is 176 cm³/mol. The van der Waals surface area contributed by atoms with Gasteiger partial charge in [-0.15, -0.1) is 0 Å². The Bertz CT molecular complexity index is 1780. The topological polar surface area (TPSA) is 136 Å². The number of aliphatic hydroxyl groups is 2. The van der Waals surface area contributed by atoms with E-state index in [9.17, 15) is 15.0 Å². The fourth-order valence-electron chi connectivity index (χ4n) is 6.47. The summed E-state index contributed by atoms with van der Waals surface area (Å²) in [6, 6.07) is 16.0. The van der Waals surface area contributed by atoms with Crippen molar-refractivity contribution >= 4 is 11.6 Å². The lowest BCUT2D eigenvalue weighted by Crippen LogP contribution is -2.40. The molecule has 4 aromatic rings. The van der Waals surface area contributed by atoms with Crippen molar-refractivity contribution in [1.82, 2.24) is 24.5 Å². The van der Waals surface area contributed by atoms with Gasteiger partial charge < -0.3 is 25.1 Å². The number of aromatic nitrogens is 4. The Kier molecular flexibility index (Phi) is 9.00. The van der Waals surface area contributed by atoms with Gasteiger partial charge in [-0.05, 0) is 76.5 Å². The molecule has 0 radical (unpaired) electrons. The first-order valence-electron chi connectivity index (χ1n) is 16.3. The summed E-state index contributed by atoms with van der Waals surface area (Å²) >= 11 is 0. The van der Waals surface area contributed by atoms with Crippen LogP contribution in [0.3, 0.4) is 0 Å². The number of benzene rings is 2. The SMILES string of the molecule is CCCc1c(Cc2ccc(-c3ccccc3C3=NOC(O)N3)cc2)c(=O)n([C@H]2CC[C@H](OC(C)C(C)(C)O)CC2)c2nc(C)nn12. The summed E-state index contributed by atoms with van der Waals surface area (Å²) in [5.41, 5.74) is 4.51. The molecule has 0 bridgehead atoms. The van der Waals surface area contributed by atoms with Crippen molar-refractivity contribution in [2.75, 3.05) is 0 Å². The van der Waals surface area contributed by atoms with Gasteiger partial charge >= 0.3 is 6.41 Å². The van der Waals surface area contributed by atoms with Crippen LogP contribution in [-0.2, 0) is 22.4 Å². The van der Waals surface area contributed by atoms with Crippen molar-refractivity contribution in [3.8, 4) is 11.1 Å². The summed E-state index contributed by atoms with van der Waals surface area (Å²) < 4.78 is 9.97. The predicted octanol–water partition coefficient (Wildman–Crippen LogP) is 4.63. The highest BCUT2D eigenvalue weighted by molar-refractivity contribution is 6.04. The molecule has 1 aliphatic heterocycles. The summed E-state index contributed by atoms with van der Waals surface area (Å²) in [6.45, 7) is 9.43. The van der Waals surface area contributed by atoms with Crippen molar-refractivity contribution in [2.24, 2.45) is 5.16 Å². The van der Waals surface area contributed by atoms with Gasteiger partial charge in [0.25, 0.3) is 5.56 Å². The molecule has 11 heteroatoms. The van der Waals surface area contributed by atoms with Gasteiger partial charge in [-0.2, -0.15) is 10.1 Å². The maximum absolute atomic E-state index is 14.5. The molecular weight excluding hydrogens is 584 g/mol. The highest BCUT2D eigenvalue weighted by atomic mass is 16.7. The fourth-order valence-corrected chi connectivity index (χ4v) is 6.47. The zero-order valence-corrected chi connectivity index (χ0v) is 27.2. The number of aliphatic hydroxyl groups excluding tert-OH is 1. The molecule has 2 unspecified atom stereocenters. The van der Waals surface area contributed by atoms with Gasteiger partial charge in [-0.3, -0.25) is 9.36 Å². The first kappa shape index (κ1) is 31.9. The molecule has 3 heterocycles. The molecule has 1 aliphatic carbocycles. The zero-order chi connectivity index (χ0) is 32.6. The number of aryl methyl sites for hydroxylation is 2. The van der Waals surface area contributed by atoms with Crippen LogP contribution in [0.2, 0.25) is 0 Å². The maximum Gasteiger partial charge on any atom is 0.304 e. The van der Waals surface area contributed by atoms with E-state index in [1.807, 2.05) is 59.3 Å². The molecule has 3 N–H and O–H groups in total. The van der Waals surface area contributed by atoms with E-state index < -0.39 is 12.0 Å². The standard InChI is InChI=1S/C35H44N6O5/c1-6-9-30-29(20-23-12-14-24(15-13-23)27-10-7-8-11-28(27)31-37-34(43)46-39-31)32(42)40(33-36-22(3)38-41(30)33)25-16-18-26(19-17-25)45-21(2)35(4,5)44/h7-8,10-15,21,25-26,34,43-44H,6,9,16-20H2,1-5H3,(H,37,39)/t21?,25-,26-,34?. The number of hydrogen-bond donors (Lipinski definition) is 3. The number of oxime groups is 1. The summed E-state index contributed by atoms with van der Waals surface area (Å²) in [5, 5.41) is 31.6. The Labute approximate surface area is 268 Å². The first-order chi connectivity index (χ1) is 22.0. The molecule has 1 saturated carbocycles. The van der Waals surface area contributed by atoms with Crippen LogP contribution in [0.25, 0.3) is 16.9 Å². The van der Waals surface area contributed by atoms with Crippen molar-refractivity contribution in [3.05, 3.63) is 87.1 Å². The number of fused-ring (bicyclic) bond motifs is 1. The van der Waals surface area contributed by atoms with Gasteiger partial charge in [0.2, 0.25) is 5.78 Å². The minimum absolute atomic E-state index is 0.00382. The van der Waals surface area contributed by atoms with Crippen LogP contribution in [0.15, 0.2) is 58.5 Å². The van der Waals surface area contributed by atoms with Crippen LogP contribution in [0.1, 0.15) is 94.0 Å². The minimum Gasteiger partial charge on any atom is -0.388 e. The lowest BCUT2D eigenvalue weighted by molar-refractivity contribution is -0.118. The van der Waals surface area contributed by atoms with Crippen LogP contribution in [-0.4, -0.2) is 59.4 Å². The van der Waals surface area contributed by atoms with E-state index in [0.29, 0.717) is 30.3 Å². The number of hydrogen-bond acceptors (Lipinski definition) is 9. The van der Waals surface area contributed by atoms with Gasteiger partial charge in [0, 0.05) is 23.6 Å². The lowest BCUT2D eigenvalue weighted by Gasteiger charge is -2.35. The highest BCUT2D eigenvalue weighted by Gasteiger charge is 2.32. The van der Waals surface area contributed by atoms with Crippen molar-refractivity contribution in [1.29, 1.82) is 0 Å². The summed E-state index contributed by atoms with van der Waals surface area (Å²) in [7, 11) is 0. The third-order valence-electron chi connectivity index (χ3n) is 9.21. The smallest absolute Gasteiger partial charge is 0.304 e. The molecule has 1 fully saturated rings.